The summed E-state index contributed by atoms with van der Waals surface area (Å²) in [5, 5.41) is 4.49. The van der Waals surface area contributed by atoms with Crippen LogP contribution >= 0.6 is 11.6 Å². The van der Waals surface area contributed by atoms with Crippen molar-refractivity contribution >= 4 is 11.6 Å². The molecule has 3 rings (SSSR count). The SMILES string of the molecule is Cc1ccc(C2NC(C)Cc3ccc(Cl)cc32)cc1. The monoisotopic (exact) mass is 271 g/mol. The van der Waals surface area contributed by atoms with Gasteiger partial charge in [-0.25, -0.2) is 0 Å². The van der Waals surface area contributed by atoms with E-state index in [2.05, 4.69) is 55.6 Å². The number of halogens is 1. The molecule has 0 spiro atoms. The lowest BCUT2D eigenvalue weighted by atomic mass is 9.87. The predicted molar refractivity (Wildman–Crippen MR) is 80.8 cm³/mol. The van der Waals surface area contributed by atoms with E-state index >= 15 is 0 Å². The first kappa shape index (κ1) is 12.7. The van der Waals surface area contributed by atoms with Crippen LogP contribution in [0.25, 0.3) is 0 Å². The van der Waals surface area contributed by atoms with Crippen LogP contribution in [0.15, 0.2) is 42.5 Å². The van der Waals surface area contributed by atoms with Gasteiger partial charge in [0, 0.05) is 11.1 Å². The molecule has 2 aromatic carbocycles. The Labute approximate surface area is 119 Å². The van der Waals surface area contributed by atoms with Gasteiger partial charge in [-0.05, 0) is 49.1 Å². The number of rotatable bonds is 1. The largest absolute Gasteiger partial charge is 0.303 e. The predicted octanol–water partition coefficient (Wildman–Crippen LogP) is 4.27. The molecule has 2 heteroatoms. The van der Waals surface area contributed by atoms with Crippen LogP contribution in [0.3, 0.4) is 0 Å². The molecule has 1 heterocycles. The van der Waals surface area contributed by atoms with E-state index in [1.54, 1.807) is 0 Å². The molecule has 2 aromatic rings. The molecule has 1 nitrogen and oxygen atoms in total. The quantitative estimate of drug-likeness (QED) is 0.817. The standard InChI is InChI=1S/C17H18ClN/c1-11-3-5-13(6-4-11)17-16-10-15(18)8-7-14(16)9-12(2)19-17/h3-8,10,12,17,19H,9H2,1-2H3. The first-order valence-electron chi connectivity index (χ1n) is 6.74. The highest BCUT2D eigenvalue weighted by Gasteiger charge is 2.25. The average molecular weight is 272 g/mol. The molecule has 2 unspecified atom stereocenters. The summed E-state index contributed by atoms with van der Waals surface area (Å²) in [6.07, 6.45) is 1.06. The molecular weight excluding hydrogens is 254 g/mol. The Hall–Kier alpha value is -1.31. The summed E-state index contributed by atoms with van der Waals surface area (Å²) < 4.78 is 0. The van der Waals surface area contributed by atoms with Crippen molar-refractivity contribution in [3.63, 3.8) is 0 Å². The summed E-state index contributed by atoms with van der Waals surface area (Å²) in [7, 11) is 0. The van der Waals surface area contributed by atoms with Gasteiger partial charge in [0.05, 0.1) is 6.04 Å². The maximum absolute atomic E-state index is 6.16. The molecule has 19 heavy (non-hydrogen) atoms. The molecule has 1 aliphatic rings. The van der Waals surface area contributed by atoms with Gasteiger partial charge in [-0.3, -0.25) is 0 Å². The minimum absolute atomic E-state index is 0.248. The zero-order valence-electron chi connectivity index (χ0n) is 11.3. The number of fused-ring (bicyclic) bond motifs is 1. The molecule has 98 valence electrons. The van der Waals surface area contributed by atoms with E-state index in [1.807, 2.05) is 6.07 Å². The third-order valence-electron chi connectivity index (χ3n) is 3.81. The van der Waals surface area contributed by atoms with Crippen molar-refractivity contribution in [2.24, 2.45) is 0 Å². The zero-order chi connectivity index (χ0) is 13.4. The van der Waals surface area contributed by atoms with E-state index in [1.165, 1.54) is 22.3 Å². The van der Waals surface area contributed by atoms with Gasteiger partial charge < -0.3 is 5.32 Å². The van der Waals surface area contributed by atoms with Crippen molar-refractivity contribution in [3.8, 4) is 0 Å². The molecule has 0 amide bonds. The first-order chi connectivity index (χ1) is 9.13. The molecule has 1 aliphatic heterocycles. The van der Waals surface area contributed by atoms with Gasteiger partial charge in [0.25, 0.3) is 0 Å². The number of benzene rings is 2. The Morgan fingerprint density at radius 1 is 1.11 bits per heavy atom. The maximum Gasteiger partial charge on any atom is 0.0582 e. The van der Waals surface area contributed by atoms with Gasteiger partial charge >= 0.3 is 0 Å². The number of hydrogen-bond donors (Lipinski definition) is 1. The molecule has 0 bridgehead atoms. The summed E-state index contributed by atoms with van der Waals surface area (Å²) >= 11 is 6.16. The van der Waals surface area contributed by atoms with Crippen LogP contribution in [0.1, 0.15) is 35.2 Å². The highest BCUT2D eigenvalue weighted by molar-refractivity contribution is 6.30. The maximum atomic E-state index is 6.16. The molecule has 0 aliphatic carbocycles. The highest BCUT2D eigenvalue weighted by Crippen LogP contribution is 2.32. The number of aryl methyl sites for hydroxylation is 1. The average Bonchev–Trinajstić information content (AvgIpc) is 2.39. The van der Waals surface area contributed by atoms with Gasteiger partial charge in [-0.2, -0.15) is 0 Å². The van der Waals surface area contributed by atoms with Crippen molar-refractivity contribution in [2.75, 3.05) is 0 Å². The lowest BCUT2D eigenvalue weighted by Gasteiger charge is -2.32. The zero-order valence-corrected chi connectivity index (χ0v) is 12.0. The van der Waals surface area contributed by atoms with Gasteiger partial charge in [0.1, 0.15) is 0 Å². The second-order valence-corrected chi connectivity index (χ2v) is 5.90. The molecule has 0 fully saturated rings. The summed E-state index contributed by atoms with van der Waals surface area (Å²) in [4.78, 5) is 0. The Morgan fingerprint density at radius 2 is 1.84 bits per heavy atom. The topological polar surface area (TPSA) is 12.0 Å². The van der Waals surface area contributed by atoms with Crippen molar-refractivity contribution in [1.29, 1.82) is 0 Å². The van der Waals surface area contributed by atoms with Crippen LogP contribution in [0.4, 0.5) is 0 Å². The lowest BCUT2D eigenvalue weighted by Crippen LogP contribution is -2.37. The van der Waals surface area contributed by atoms with E-state index in [-0.39, 0.29) is 6.04 Å². The van der Waals surface area contributed by atoms with Crippen LogP contribution < -0.4 is 5.32 Å². The molecule has 2 atom stereocenters. The number of nitrogens with one attached hydrogen (secondary N) is 1. The highest BCUT2D eigenvalue weighted by atomic mass is 35.5. The Kier molecular flexibility index (Phi) is 3.34. The number of hydrogen-bond acceptors (Lipinski definition) is 1. The summed E-state index contributed by atoms with van der Waals surface area (Å²) in [5.41, 5.74) is 5.32. The van der Waals surface area contributed by atoms with Crippen molar-refractivity contribution < 1.29 is 0 Å². The molecule has 1 N–H and O–H groups in total. The van der Waals surface area contributed by atoms with Crippen molar-refractivity contribution in [1.82, 2.24) is 5.32 Å². The van der Waals surface area contributed by atoms with E-state index in [4.69, 9.17) is 11.6 Å². The van der Waals surface area contributed by atoms with Crippen LogP contribution in [-0.4, -0.2) is 6.04 Å². The van der Waals surface area contributed by atoms with Crippen molar-refractivity contribution in [2.45, 2.75) is 32.4 Å². The third kappa shape index (κ3) is 2.54. The Morgan fingerprint density at radius 3 is 2.58 bits per heavy atom. The fourth-order valence-electron chi connectivity index (χ4n) is 2.82. The molecule has 0 aromatic heterocycles. The van der Waals surface area contributed by atoms with Crippen LogP contribution in [0.5, 0.6) is 0 Å². The summed E-state index contributed by atoms with van der Waals surface area (Å²) in [6.45, 7) is 4.35. The minimum Gasteiger partial charge on any atom is -0.303 e. The summed E-state index contributed by atoms with van der Waals surface area (Å²) in [5.74, 6) is 0. The van der Waals surface area contributed by atoms with Gasteiger partial charge in [-0.15, -0.1) is 0 Å². The van der Waals surface area contributed by atoms with Crippen molar-refractivity contribution in [3.05, 3.63) is 69.7 Å². The van der Waals surface area contributed by atoms with Gasteiger partial charge in [0.2, 0.25) is 0 Å². The Bertz CT molecular complexity index is 589. The second-order valence-electron chi connectivity index (χ2n) is 5.46. The smallest absolute Gasteiger partial charge is 0.0582 e. The molecule has 0 saturated carbocycles. The molecule has 0 radical (unpaired) electrons. The third-order valence-corrected chi connectivity index (χ3v) is 4.04. The minimum atomic E-state index is 0.248. The van der Waals surface area contributed by atoms with E-state index in [0.717, 1.165) is 11.4 Å². The second kappa shape index (κ2) is 4.99. The normalized spacial score (nSPS) is 22.1. The molecular formula is C17H18ClN. The van der Waals surface area contributed by atoms with Gasteiger partial charge in [-0.1, -0.05) is 47.5 Å². The van der Waals surface area contributed by atoms with E-state index in [0.29, 0.717) is 6.04 Å². The van der Waals surface area contributed by atoms with Crippen LogP contribution in [0.2, 0.25) is 5.02 Å². The first-order valence-corrected chi connectivity index (χ1v) is 7.12. The fraction of sp³-hybridized carbons (Fsp3) is 0.294. The van der Waals surface area contributed by atoms with E-state index in [9.17, 15) is 0 Å². The fourth-order valence-corrected chi connectivity index (χ4v) is 3.00. The van der Waals surface area contributed by atoms with Gasteiger partial charge in [0.15, 0.2) is 0 Å². The Balaban J connectivity index is 2.07. The van der Waals surface area contributed by atoms with E-state index < -0.39 is 0 Å². The molecule has 0 saturated heterocycles. The van der Waals surface area contributed by atoms with Crippen LogP contribution in [0, 0.1) is 6.92 Å². The van der Waals surface area contributed by atoms with Crippen LogP contribution in [-0.2, 0) is 6.42 Å². The lowest BCUT2D eigenvalue weighted by molar-refractivity contribution is 0.464. The summed E-state index contributed by atoms with van der Waals surface area (Å²) in [6, 6.07) is 15.7.